The molecule has 2 N–H and O–H groups in total. The maximum atomic E-state index is 13.0. The Kier molecular flexibility index (Phi) is 4.82. The predicted octanol–water partition coefficient (Wildman–Crippen LogP) is 4.18. The Labute approximate surface area is 125 Å². The van der Waals surface area contributed by atoms with Gasteiger partial charge in [0.15, 0.2) is 0 Å². The Balaban J connectivity index is 1.94. The minimum atomic E-state index is -0.409. The lowest BCUT2D eigenvalue weighted by Crippen LogP contribution is -2.21. The van der Waals surface area contributed by atoms with Crippen molar-refractivity contribution in [2.45, 2.75) is 0 Å². The van der Waals surface area contributed by atoms with Gasteiger partial charge in [-0.2, -0.15) is 0 Å². The molecule has 0 fully saturated rings. The second-order valence-corrected chi connectivity index (χ2v) is 4.80. The van der Waals surface area contributed by atoms with Gasteiger partial charge >= 0.3 is 0 Å². The molecule has 0 atom stereocenters. The number of benzene rings is 2. The summed E-state index contributed by atoms with van der Waals surface area (Å²) in [6, 6.07) is 10.8. The Morgan fingerprint density at radius 1 is 1.15 bits per heavy atom. The summed E-state index contributed by atoms with van der Waals surface area (Å²) in [6.07, 6.45) is 0. The molecule has 0 bridgehead atoms. The van der Waals surface area contributed by atoms with Crippen LogP contribution < -0.4 is 10.6 Å². The third kappa shape index (κ3) is 3.85. The van der Waals surface area contributed by atoms with Crippen molar-refractivity contribution < 1.29 is 9.18 Å². The molecule has 0 radical (unpaired) electrons. The summed E-state index contributed by atoms with van der Waals surface area (Å²) in [5.41, 5.74) is 0.961. The predicted molar refractivity (Wildman–Crippen MR) is 80.0 cm³/mol. The van der Waals surface area contributed by atoms with Crippen LogP contribution in [0.5, 0.6) is 0 Å². The maximum absolute atomic E-state index is 13.0. The van der Waals surface area contributed by atoms with E-state index in [1.54, 1.807) is 24.3 Å². The Morgan fingerprint density at radius 2 is 1.90 bits per heavy atom. The van der Waals surface area contributed by atoms with E-state index in [1.165, 1.54) is 18.2 Å². The first-order chi connectivity index (χ1) is 9.56. The normalized spacial score (nSPS) is 10.2. The lowest BCUT2D eigenvalue weighted by molar-refractivity contribution is -0.114. The van der Waals surface area contributed by atoms with E-state index < -0.39 is 5.82 Å². The summed E-state index contributed by atoms with van der Waals surface area (Å²) in [5.74, 6) is -0.722. The van der Waals surface area contributed by atoms with Gasteiger partial charge in [-0.1, -0.05) is 35.3 Å². The van der Waals surface area contributed by atoms with Gasteiger partial charge in [0, 0.05) is 5.69 Å². The average molecular weight is 313 g/mol. The van der Waals surface area contributed by atoms with Crippen LogP contribution >= 0.6 is 23.2 Å². The fourth-order valence-electron chi connectivity index (χ4n) is 1.59. The van der Waals surface area contributed by atoms with Crippen LogP contribution in [0, 0.1) is 5.82 Å². The molecule has 0 saturated carbocycles. The number of anilines is 2. The largest absolute Gasteiger partial charge is 0.375 e. The lowest BCUT2D eigenvalue weighted by Gasteiger charge is -2.09. The second kappa shape index (κ2) is 6.59. The zero-order chi connectivity index (χ0) is 14.5. The molecule has 3 nitrogen and oxygen atoms in total. The zero-order valence-electron chi connectivity index (χ0n) is 10.3. The van der Waals surface area contributed by atoms with E-state index in [-0.39, 0.29) is 12.5 Å². The molecule has 0 aliphatic rings. The fraction of sp³-hybridized carbons (Fsp3) is 0.0714. The first kappa shape index (κ1) is 14.6. The fourth-order valence-corrected chi connectivity index (χ4v) is 1.95. The number of carbonyl (C=O) groups excluding carboxylic acids is 1. The van der Waals surface area contributed by atoms with Crippen molar-refractivity contribution in [1.29, 1.82) is 0 Å². The molecule has 1 amide bonds. The lowest BCUT2D eigenvalue weighted by atomic mass is 10.3. The molecule has 0 spiro atoms. The molecular formula is C14H11Cl2FN2O. The van der Waals surface area contributed by atoms with Crippen molar-refractivity contribution in [3.63, 3.8) is 0 Å². The van der Waals surface area contributed by atoms with E-state index in [2.05, 4.69) is 10.6 Å². The van der Waals surface area contributed by atoms with Gasteiger partial charge in [-0.15, -0.1) is 0 Å². The number of rotatable bonds is 4. The van der Waals surface area contributed by atoms with Gasteiger partial charge in [0.1, 0.15) is 5.82 Å². The Hall–Kier alpha value is -1.78. The van der Waals surface area contributed by atoms with Crippen molar-refractivity contribution in [3.05, 3.63) is 58.3 Å². The highest BCUT2D eigenvalue weighted by atomic mass is 35.5. The molecule has 0 aromatic heterocycles. The highest BCUT2D eigenvalue weighted by Crippen LogP contribution is 2.29. The number of nitrogens with one attached hydrogen (secondary N) is 2. The first-order valence-electron chi connectivity index (χ1n) is 5.79. The minimum Gasteiger partial charge on any atom is -0.375 e. The summed E-state index contributed by atoms with van der Waals surface area (Å²) >= 11 is 11.8. The van der Waals surface area contributed by atoms with E-state index in [1.807, 2.05) is 0 Å². The molecule has 0 saturated heterocycles. The SMILES string of the molecule is O=C(CNc1cccc(Cl)c1Cl)Nc1cccc(F)c1. The molecule has 0 aliphatic carbocycles. The number of hydrogen-bond acceptors (Lipinski definition) is 2. The molecule has 0 aliphatic heterocycles. The van der Waals surface area contributed by atoms with Crippen molar-refractivity contribution in [3.8, 4) is 0 Å². The Bertz CT molecular complexity index is 634. The van der Waals surface area contributed by atoms with Crippen molar-refractivity contribution in [2.75, 3.05) is 17.2 Å². The van der Waals surface area contributed by atoms with Gasteiger partial charge in [0.05, 0.1) is 22.3 Å². The van der Waals surface area contributed by atoms with E-state index in [0.29, 0.717) is 21.4 Å². The number of amides is 1. The van der Waals surface area contributed by atoms with Crippen LogP contribution in [-0.2, 0) is 4.79 Å². The highest BCUT2D eigenvalue weighted by molar-refractivity contribution is 6.43. The smallest absolute Gasteiger partial charge is 0.243 e. The van der Waals surface area contributed by atoms with Crippen molar-refractivity contribution >= 4 is 40.5 Å². The number of carbonyl (C=O) groups is 1. The first-order valence-corrected chi connectivity index (χ1v) is 6.55. The average Bonchev–Trinajstić information content (AvgIpc) is 2.40. The van der Waals surface area contributed by atoms with Crippen LogP contribution in [-0.4, -0.2) is 12.5 Å². The monoisotopic (exact) mass is 312 g/mol. The van der Waals surface area contributed by atoms with Gasteiger partial charge in [0.2, 0.25) is 5.91 Å². The van der Waals surface area contributed by atoms with Gasteiger partial charge < -0.3 is 10.6 Å². The van der Waals surface area contributed by atoms with Crippen LogP contribution in [0.25, 0.3) is 0 Å². The van der Waals surface area contributed by atoms with Gasteiger partial charge in [-0.25, -0.2) is 4.39 Å². The second-order valence-electron chi connectivity index (χ2n) is 4.01. The van der Waals surface area contributed by atoms with Gasteiger partial charge in [-0.3, -0.25) is 4.79 Å². The molecule has 6 heteroatoms. The third-order valence-electron chi connectivity index (χ3n) is 2.50. The van der Waals surface area contributed by atoms with Gasteiger partial charge in [-0.05, 0) is 30.3 Å². The molecule has 2 aromatic carbocycles. The molecular weight excluding hydrogens is 302 g/mol. The topological polar surface area (TPSA) is 41.1 Å². The third-order valence-corrected chi connectivity index (χ3v) is 3.32. The summed E-state index contributed by atoms with van der Waals surface area (Å²) in [4.78, 5) is 11.7. The molecule has 0 heterocycles. The highest BCUT2D eigenvalue weighted by Gasteiger charge is 2.07. The quantitative estimate of drug-likeness (QED) is 0.889. The standard InChI is InChI=1S/C14H11Cl2FN2O/c15-11-5-2-6-12(14(11)16)18-8-13(20)19-10-4-1-3-9(17)7-10/h1-7,18H,8H2,(H,19,20). The Morgan fingerprint density at radius 3 is 2.65 bits per heavy atom. The molecule has 20 heavy (non-hydrogen) atoms. The van der Waals surface area contributed by atoms with Crippen LogP contribution in [0.3, 0.4) is 0 Å². The summed E-state index contributed by atoms with van der Waals surface area (Å²) < 4.78 is 13.0. The van der Waals surface area contributed by atoms with Crippen molar-refractivity contribution in [2.24, 2.45) is 0 Å². The van der Waals surface area contributed by atoms with Crippen LogP contribution in [0.15, 0.2) is 42.5 Å². The van der Waals surface area contributed by atoms with E-state index in [0.717, 1.165) is 0 Å². The molecule has 104 valence electrons. The van der Waals surface area contributed by atoms with Crippen molar-refractivity contribution in [1.82, 2.24) is 0 Å². The number of hydrogen-bond donors (Lipinski definition) is 2. The van der Waals surface area contributed by atoms with E-state index in [4.69, 9.17) is 23.2 Å². The van der Waals surface area contributed by atoms with E-state index in [9.17, 15) is 9.18 Å². The molecule has 2 rings (SSSR count). The van der Waals surface area contributed by atoms with Crippen LogP contribution in [0.1, 0.15) is 0 Å². The van der Waals surface area contributed by atoms with Gasteiger partial charge in [0.25, 0.3) is 0 Å². The summed E-state index contributed by atoms with van der Waals surface area (Å²) in [7, 11) is 0. The zero-order valence-corrected chi connectivity index (χ0v) is 11.8. The van der Waals surface area contributed by atoms with Crippen LogP contribution in [0.2, 0.25) is 10.0 Å². The summed E-state index contributed by atoms with van der Waals surface area (Å²) in [6.45, 7) is -0.00340. The molecule has 2 aromatic rings. The summed E-state index contributed by atoms with van der Waals surface area (Å²) in [5, 5.41) is 6.19. The molecule has 0 unspecified atom stereocenters. The van der Waals surface area contributed by atoms with Crippen LogP contribution in [0.4, 0.5) is 15.8 Å². The number of halogens is 3. The minimum absolute atomic E-state index is 0.00340. The maximum Gasteiger partial charge on any atom is 0.243 e. The van der Waals surface area contributed by atoms with E-state index >= 15 is 0 Å².